The molecule has 9 heteroatoms. The van der Waals surface area contributed by atoms with Crippen LogP contribution in [0.25, 0.3) is 5.69 Å². The SMILES string of the molecule is COc1cc(N2C(=S)N[C@H](c3ccccn3)[C@@H]2c2cc(C)n(-c3ccc(N(C)C)cc3)c2C)ccc1NC(=O)C(C)(C)C. The third-order valence-electron chi connectivity index (χ3n) is 7.90. The van der Waals surface area contributed by atoms with Gasteiger partial charge in [-0.25, -0.2) is 0 Å². The molecule has 1 aliphatic heterocycles. The fourth-order valence-electron chi connectivity index (χ4n) is 5.58. The lowest BCUT2D eigenvalue weighted by atomic mass is 9.95. The number of carbonyl (C=O) groups excluding carboxylic acids is 1. The summed E-state index contributed by atoms with van der Waals surface area (Å²) in [5, 5.41) is 7.16. The van der Waals surface area contributed by atoms with Crippen molar-refractivity contribution in [2.24, 2.45) is 5.41 Å². The third kappa shape index (κ3) is 5.82. The summed E-state index contributed by atoms with van der Waals surface area (Å²) in [4.78, 5) is 21.7. The van der Waals surface area contributed by atoms with Crippen molar-refractivity contribution in [1.29, 1.82) is 0 Å². The van der Waals surface area contributed by atoms with Gasteiger partial charge < -0.3 is 29.7 Å². The van der Waals surface area contributed by atoms with Gasteiger partial charge in [0.15, 0.2) is 5.11 Å². The molecule has 4 aromatic rings. The van der Waals surface area contributed by atoms with Crippen molar-refractivity contribution in [2.75, 3.05) is 36.3 Å². The lowest BCUT2D eigenvalue weighted by molar-refractivity contribution is -0.123. The summed E-state index contributed by atoms with van der Waals surface area (Å²) in [7, 11) is 5.69. The van der Waals surface area contributed by atoms with Crippen LogP contribution >= 0.6 is 12.2 Å². The fraction of sp³-hybridized carbons (Fsp3) is 0.324. The average molecular weight is 597 g/mol. The molecule has 0 aliphatic carbocycles. The fourth-order valence-corrected chi connectivity index (χ4v) is 5.92. The lowest BCUT2D eigenvalue weighted by Crippen LogP contribution is -2.30. The van der Waals surface area contributed by atoms with E-state index in [2.05, 4.69) is 69.2 Å². The summed E-state index contributed by atoms with van der Waals surface area (Å²) in [5.74, 6) is 0.473. The average Bonchev–Trinajstić information content (AvgIpc) is 3.47. The zero-order valence-corrected chi connectivity index (χ0v) is 26.9. The summed E-state index contributed by atoms with van der Waals surface area (Å²) in [6.07, 6.45) is 1.81. The molecule has 8 nitrogen and oxygen atoms in total. The number of aromatic nitrogens is 2. The Balaban J connectivity index is 1.61. The number of carbonyl (C=O) groups is 1. The Morgan fingerprint density at radius 3 is 2.33 bits per heavy atom. The van der Waals surface area contributed by atoms with Gasteiger partial charge in [-0.2, -0.15) is 0 Å². The van der Waals surface area contributed by atoms with Crippen LogP contribution in [0.5, 0.6) is 5.75 Å². The second-order valence-corrected chi connectivity index (χ2v) is 12.5. The summed E-state index contributed by atoms with van der Waals surface area (Å²) >= 11 is 5.99. The van der Waals surface area contributed by atoms with Gasteiger partial charge in [-0.3, -0.25) is 9.78 Å². The first kappa shape index (κ1) is 30.1. The second-order valence-electron chi connectivity index (χ2n) is 12.2. The van der Waals surface area contributed by atoms with Crippen molar-refractivity contribution in [2.45, 2.75) is 46.7 Å². The number of hydrogen-bond acceptors (Lipinski definition) is 5. The monoisotopic (exact) mass is 596 g/mol. The van der Waals surface area contributed by atoms with Gasteiger partial charge in [-0.15, -0.1) is 0 Å². The van der Waals surface area contributed by atoms with Crippen LogP contribution in [0.1, 0.15) is 55.5 Å². The quantitative estimate of drug-likeness (QED) is 0.229. The minimum atomic E-state index is -0.541. The first-order valence-corrected chi connectivity index (χ1v) is 14.8. The number of aryl methyl sites for hydroxylation is 1. The van der Waals surface area contributed by atoms with E-state index in [0.29, 0.717) is 16.5 Å². The topological polar surface area (TPSA) is 74.7 Å². The Kier molecular flexibility index (Phi) is 8.21. The van der Waals surface area contributed by atoms with E-state index in [4.69, 9.17) is 21.9 Å². The normalized spacial score (nSPS) is 16.7. The number of nitrogens with zero attached hydrogens (tertiary/aromatic N) is 4. The van der Waals surface area contributed by atoms with Crippen LogP contribution in [0.2, 0.25) is 0 Å². The van der Waals surface area contributed by atoms with Crippen molar-refractivity contribution in [1.82, 2.24) is 14.9 Å². The number of amides is 1. The molecule has 2 aromatic carbocycles. The van der Waals surface area contributed by atoms with Crippen molar-refractivity contribution >= 4 is 40.3 Å². The summed E-state index contributed by atoms with van der Waals surface area (Å²) in [6, 6.07) is 22.2. The van der Waals surface area contributed by atoms with Crippen LogP contribution in [0.15, 0.2) is 72.9 Å². The largest absolute Gasteiger partial charge is 0.494 e. The first-order chi connectivity index (χ1) is 20.4. The highest BCUT2D eigenvalue weighted by Gasteiger charge is 2.42. The van der Waals surface area contributed by atoms with E-state index < -0.39 is 5.41 Å². The predicted octanol–water partition coefficient (Wildman–Crippen LogP) is 6.73. The maximum Gasteiger partial charge on any atom is 0.229 e. The number of thiocarbonyl (C=S) groups is 1. The minimum absolute atomic E-state index is 0.0870. The highest BCUT2D eigenvalue weighted by atomic mass is 32.1. The number of nitrogens with one attached hydrogen (secondary N) is 2. The highest BCUT2D eigenvalue weighted by Crippen LogP contribution is 2.45. The van der Waals surface area contributed by atoms with E-state index in [1.165, 1.54) is 0 Å². The molecule has 1 fully saturated rings. The van der Waals surface area contributed by atoms with E-state index in [1.807, 2.05) is 77.5 Å². The second kappa shape index (κ2) is 11.7. The van der Waals surface area contributed by atoms with Gasteiger partial charge >= 0.3 is 0 Å². The van der Waals surface area contributed by atoms with Gasteiger partial charge in [0, 0.05) is 60.2 Å². The van der Waals surface area contributed by atoms with Crippen molar-refractivity contribution in [3.05, 3.63) is 95.6 Å². The molecule has 0 spiro atoms. The first-order valence-electron chi connectivity index (χ1n) is 14.4. The summed E-state index contributed by atoms with van der Waals surface area (Å²) in [5.41, 5.74) is 7.46. The molecule has 1 aliphatic rings. The van der Waals surface area contributed by atoms with E-state index in [1.54, 1.807) is 7.11 Å². The van der Waals surface area contributed by atoms with Gasteiger partial charge in [0.05, 0.1) is 30.6 Å². The number of methoxy groups -OCH3 is 1. The molecule has 1 amide bonds. The molecular weight excluding hydrogens is 556 g/mol. The summed E-state index contributed by atoms with van der Waals surface area (Å²) in [6.45, 7) is 9.93. The predicted molar refractivity (Wildman–Crippen MR) is 179 cm³/mol. The molecule has 0 bridgehead atoms. The number of benzene rings is 2. The smallest absolute Gasteiger partial charge is 0.229 e. The molecule has 0 unspecified atom stereocenters. The Bertz CT molecular complexity index is 1640. The number of pyridine rings is 1. The number of anilines is 3. The maximum atomic E-state index is 12.8. The minimum Gasteiger partial charge on any atom is -0.494 e. The van der Waals surface area contributed by atoms with Gasteiger partial charge in [-0.1, -0.05) is 26.8 Å². The molecule has 43 heavy (non-hydrogen) atoms. The van der Waals surface area contributed by atoms with Crippen molar-refractivity contribution in [3.63, 3.8) is 0 Å². The standard InChI is InChI=1S/C34H40N6O2S/c1-21-19-26(22(2)39(21)24-14-12-23(13-15-24)38(6)7)31-30(28-11-9-10-18-35-28)37-33(43)40(31)25-16-17-27(29(20-25)42-8)36-32(41)34(3,4)5/h9-20,30-31H,1-8H3,(H,36,41)(H,37,43)/t30-,31+/m1/s1. The molecule has 2 atom stereocenters. The van der Waals surface area contributed by atoms with Crippen molar-refractivity contribution < 1.29 is 9.53 Å². The number of ether oxygens (including phenoxy) is 1. The highest BCUT2D eigenvalue weighted by molar-refractivity contribution is 7.80. The van der Waals surface area contributed by atoms with Gasteiger partial charge in [-0.05, 0) is 86.2 Å². The van der Waals surface area contributed by atoms with Crippen LogP contribution < -0.4 is 25.2 Å². The third-order valence-corrected chi connectivity index (χ3v) is 8.22. The van der Waals surface area contributed by atoms with E-state index in [-0.39, 0.29) is 18.0 Å². The van der Waals surface area contributed by atoms with Gasteiger partial charge in [0.2, 0.25) is 5.91 Å². The van der Waals surface area contributed by atoms with E-state index >= 15 is 0 Å². The number of rotatable bonds is 7. The molecule has 2 N–H and O–H groups in total. The molecule has 3 heterocycles. The van der Waals surface area contributed by atoms with Crippen LogP contribution in [0.4, 0.5) is 17.1 Å². The van der Waals surface area contributed by atoms with Crippen LogP contribution in [-0.4, -0.2) is 41.8 Å². The van der Waals surface area contributed by atoms with Crippen LogP contribution in [0, 0.1) is 19.3 Å². The van der Waals surface area contributed by atoms with Gasteiger partial charge in [0.25, 0.3) is 0 Å². The molecule has 224 valence electrons. The summed E-state index contributed by atoms with van der Waals surface area (Å²) < 4.78 is 8.04. The lowest BCUT2D eigenvalue weighted by Gasteiger charge is -2.29. The maximum absolute atomic E-state index is 12.8. The van der Waals surface area contributed by atoms with Gasteiger partial charge in [0.1, 0.15) is 5.75 Å². The van der Waals surface area contributed by atoms with E-state index in [0.717, 1.165) is 39.7 Å². The molecule has 5 rings (SSSR count). The molecule has 1 saturated heterocycles. The Morgan fingerprint density at radius 1 is 1.02 bits per heavy atom. The Hall–Kier alpha value is -4.37. The number of hydrogen-bond donors (Lipinski definition) is 2. The van der Waals surface area contributed by atoms with Crippen LogP contribution in [0.3, 0.4) is 0 Å². The Morgan fingerprint density at radius 2 is 1.72 bits per heavy atom. The van der Waals surface area contributed by atoms with Crippen molar-refractivity contribution in [3.8, 4) is 11.4 Å². The van der Waals surface area contributed by atoms with E-state index in [9.17, 15) is 4.79 Å². The zero-order valence-electron chi connectivity index (χ0n) is 26.1. The molecule has 0 radical (unpaired) electrons. The molecule has 0 saturated carbocycles. The Labute approximate surface area is 259 Å². The van der Waals surface area contributed by atoms with Crippen LogP contribution in [-0.2, 0) is 4.79 Å². The molecule has 2 aromatic heterocycles. The zero-order chi connectivity index (χ0) is 31.1. The molecular formula is C34H40N6O2S.